The van der Waals surface area contributed by atoms with Crippen molar-refractivity contribution in [1.29, 1.82) is 0 Å². The second kappa shape index (κ2) is 17.9. The average Bonchev–Trinajstić information content (AvgIpc) is 3.07. The number of hydrogen-bond donors (Lipinski definition) is 3. The zero-order valence-electron chi connectivity index (χ0n) is 27.8. The Balaban J connectivity index is 1.48. The van der Waals surface area contributed by atoms with Gasteiger partial charge in [0.1, 0.15) is 0 Å². The summed E-state index contributed by atoms with van der Waals surface area (Å²) in [7, 11) is 1.54. The molecule has 260 valence electrons. The summed E-state index contributed by atoms with van der Waals surface area (Å²) in [5.41, 5.74) is 3.52. The number of non-ortho nitro benzene ring substituents is 1. The Morgan fingerprint density at radius 1 is 1.12 bits per heavy atom. The number of ether oxygens (including phenoxy) is 4. The third kappa shape index (κ3) is 9.28. The number of nitro benzene ring substituents is 1. The Morgan fingerprint density at radius 3 is 2.50 bits per heavy atom. The number of allylic oxidation sites excluding steroid dienone is 1. The minimum Gasteiger partial charge on any atom is -0.504 e. The first-order chi connectivity index (χ1) is 23.2. The number of rotatable bonds is 16. The first-order valence-corrected chi connectivity index (χ1v) is 17.1. The summed E-state index contributed by atoms with van der Waals surface area (Å²) in [5.74, 6) is -0.494. The Labute approximate surface area is 284 Å². The van der Waals surface area contributed by atoms with Gasteiger partial charge in [0, 0.05) is 73.3 Å². The first-order valence-electron chi connectivity index (χ1n) is 15.9. The highest BCUT2D eigenvalue weighted by atomic mass is 32.2. The van der Waals surface area contributed by atoms with Crippen molar-refractivity contribution in [3.05, 3.63) is 85.7 Å². The highest BCUT2D eigenvalue weighted by Crippen LogP contribution is 2.41. The van der Waals surface area contributed by atoms with Crippen molar-refractivity contribution in [3.63, 3.8) is 0 Å². The molecule has 1 fully saturated rings. The van der Waals surface area contributed by atoms with E-state index < -0.39 is 22.8 Å². The fourth-order valence-electron chi connectivity index (χ4n) is 5.75. The molecule has 2 aromatic carbocycles. The summed E-state index contributed by atoms with van der Waals surface area (Å²) >= 11 is 1.58. The van der Waals surface area contributed by atoms with E-state index in [-0.39, 0.29) is 35.8 Å². The van der Waals surface area contributed by atoms with Crippen LogP contribution in [0.4, 0.5) is 5.69 Å². The molecular weight excluding hydrogens is 640 g/mol. The van der Waals surface area contributed by atoms with Crippen molar-refractivity contribution < 1.29 is 38.6 Å². The van der Waals surface area contributed by atoms with Crippen LogP contribution in [0.15, 0.2) is 58.9 Å². The number of methoxy groups -OCH3 is 1. The molecule has 0 bridgehead atoms. The molecule has 2 aliphatic rings. The van der Waals surface area contributed by atoms with Gasteiger partial charge in [0.15, 0.2) is 11.5 Å². The van der Waals surface area contributed by atoms with E-state index in [9.17, 15) is 24.8 Å². The number of phenols is 1. The van der Waals surface area contributed by atoms with Crippen LogP contribution in [-0.4, -0.2) is 91.5 Å². The quantitative estimate of drug-likeness (QED) is 0.101. The minimum atomic E-state index is -0.922. The Kier molecular flexibility index (Phi) is 13.7. The lowest BCUT2D eigenvalue weighted by Gasteiger charge is -2.31. The van der Waals surface area contributed by atoms with Crippen LogP contribution < -0.4 is 15.4 Å². The molecule has 1 atom stereocenters. The maximum Gasteiger partial charge on any atom is 0.336 e. The molecule has 1 saturated heterocycles. The minimum absolute atomic E-state index is 0.113. The number of nitrogens with zero attached hydrogens (tertiary/aromatic N) is 2. The summed E-state index contributed by atoms with van der Waals surface area (Å²) in [6, 6.07) is 9.74. The van der Waals surface area contributed by atoms with E-state index >= 15 is 0 Å². The topological polar surface area (TPSA) is 162 Å². The molecule has 1 unspecified atom stereocenters. The molecule has 4 rings (SSSR count). The molecule has 0 spiro atoms. The molecule has 14 heteroatoms. The summed E-state index contributed by atoms with van der Waals surface area (Å²) in [6.45, 7) is 10.1. The SMILES string of the molecule is CCOC(=O)C1=C(C)NC(CSCCNCc2cc(CN3CCOCC3)c(O)c(OC)c2)=C(C(=O)OCC)C1c1cccc([N+](=O)[O-])c1. The number of hydrogen-bond acceptors (Lipinski definition) is 13. The number of dihydropyridines is 1. The number of aromatic hydroxyl groups is 1. The second-order valence-electron chi connectivity index (χ2n) is 11.2. The van der Waals surface area contributed by atoms with E-state index in [0.29, 0.717) is 67.1 Å². The number of benzene rings is 2. The van der Waals surface area contributed by atoms with Gasteiger partial charge in [-0.15, -0.1) is 0 Å². The number of morpholine rings is 1. The normalized spacial score (nSPS) is 16.8. The van der Waals surface area contributed by atoms with Crippen molar-refractivity contribution >= 4 is 29.4 Å². The van der Waals surface area contributed by atoms with Gasteiger partial charge in [0.05, 0.1) is 55.5 Å². The van der Waals surface area contributed by atoms with Gasteiger partial charge >= 0.3 is 11.9 Å². The molecule has 13 nitrogen and oxygen atoms in total. The fourth-order valence-corrected chi connectivity index (χ4v) is 6.61. The number of carbonyl (C=O) groups is 2. The van der Waals surface area contributed by atoms with Gasteiger partial charge in [-0.25, -0.2) is 9.59 Å². The molecule has 0 aliphatic carbocycles. The lowest BCUT2D eigenvalue weighted by atomic mass is 9.80. The molecule has 2 aliphatic heterocycles. The van der Waals surface area contributed by atoms with E-state index in [1.807, 2.05) is 12.1 Å². The van der Waals surface area contributed by atoms with Gasteiger partial charge in [-0.2, -0.15) is 11.8 Å². The van der Waals surface area contributed by atoms with Crippen LogP contribution in [0, 0.1) is 10.1 Å². The average molecular weight is 685 g/mol. The van der Waals surface area contributed by atoms with E-state index in [1.165, 1.54) is 25.3 Å². The smallest absolute Gasteiger partial charge is 0.336 e. The molecule has 0 radical (unpaired) electrons. The third-order valence-electron chi connectivity index (χ3n) is 7.98. The van der Waals surface area contributed by atoms with Gasteiger partial charge in [0.2, 0.25) is 0 Å². The largest absolute Gasteiger partial charge is 0.504 e. The van der Waals surface area contributed by atoms with E-state index in [1.54, 1.807) is 38.6 Å². The fraction of sp³-hybridized carbons (Fsp3) is 0.471. The summed E-state index contributed by atoms with van der Waals surface area (Å²) in [6.07, 6.45) is 0. The number of carbonyl (C=O) groups excluding carboxylic acids is 2. The van der Waals surface area contributed by atoms with Crippen LogP contribution in [0.1, 0.15) is 43.4 Å². The second-order valence-corrected chi connectivity index (χ2v) is 12.3. The van der Waals surface area contributed by atoms with Crippen LogP contribution >= 0.6 is 11.8 Å². The van der Waals surface area contributed by atoms with Gasteiger partial charge in [-0.3, -0.25) is 15.0 Å². The van der Waals surface area contributed by atoms with Gasteiger partial charge in [0.25, 0.3) is 5.69 Å². The van der Waals surface area contributed by atoms with Crippen LogP contribution in [0.25, 0.3) is 0 Å². The molecule has 2 aromatic rings. The highest BCUT2D eigenvalue weighted by Gasteiger charge is 2.39. The molecule has 48 heavy (non-hydrogen) atoms. The van der Waals surface area contributed by atoms with Gasteiger partial charge in [-0.1, -0.05) is 12.1 Å². The zero-order chi connectivity index (χ0) is 34.6. The molecule has 2 heterocycles. The van der Waals surface area contributed by atoms with Crippen molar-refractivity contribution in [3.8, 4) is 11.5 Å². The predicted octanol–water partition coefficient (Wildman–Crippen LogP) is 4.01. The third-order valence-corrected chi connectivity index (χ3v) is 8.97. The molecular formula is C34H44N4O9S. The maximum atomic E-state index is 13.5. The number of phenolic OH excluding ortho intramolecular Hbond substituents is 1. The highest BCUT2D eigenvalue weighted by molar-refractivity contribution is 7.99. The van der Waals surface area contributed by atoms with Crippen LogP contribution in [-0.2, 0) is 36.9 Å². The summed E-state index contributed by atoms with van der Waals surface area (Å²) in [4.78, 5) is 40.0. The van der Waals surface area contributed by atoms with Crippen molar-refractivity contribution in [2.24, 2.45) is 0 Å². The zero-order valence-corrected chi connectivity index (χ0v) is 28.7. The molecule has 0 amide bonds. The van der Waals surface area contributed by atoms with Gasteiger partial charge in [-0.05, 0) is 44.0 Å². The van der Waals surface area contributed by atoms with E-state index in [0.717, 1.165) is 24.2 Å². The standard InChI is InChI=1S/C34H44N4O9S/c1-5-46-33(40)29-22(3)36-27(31(34(41)47-6-2)30(29)24-8-7-9-26(18-24)38(42)43)21-48-15-10-35-19-23-16-25(32(39)28(17-23)44-4)20-37-11-13-45-14-12-37/h7-9,16-18,30,35-36,39H,5-6,10-15,19-21H2,1-4H3. The maximum absolute atomic E-state index is 13.5. The van der Waals surface area contributed by atoms with Crippen LogP contribution in [0.5, 0.6) is 11.5 Å². The number of esters is 2. The number of nitrogens with one attached hydrogen (secondary N) is 2. The monoisotopic (exact) mass is 684 g/mol. The lowest BCUT2D eigenvalue weighted by Crippen LogP contribution is -2.35. The predicted molar refractivity (Wildman–Crippen MR) is 182 cm³/mol. The first kappa shape index (κ1) is 36.7. The Morgan fingerprint density at radius 2 is 1.83 bits per heavy atom. The Bertz CT molecular complexity index is 1540. The van der Waals surface area contributed by atoms with Crippen molar-refractivity contribution in [2.45, 2.75) is 39.8 Å². The molecule has 0 saturated carbocycles. The number of thioether (sulfide) groups is 1. The van der Waals surface area contributed by atoms with Crippen molar-refractivity contribution in [2.75, 3.05) is 64.7 Å². The van der Waals surface area contributed by atoms with Crippen molar-refractivity contribution in [1.82, 2.24) is 15.5 Å². The number of nitro groups is 1. The summed E-state index contributed by atoms with van der Waals surface area (Å²) < 4.78 is 21.7. The van der Waals surface area contributed by atoms with Gasteiger partial charge < -0.3 is 34.7 Å². The van der Waals surface area contributed by atoms with E-state index in [4.69, 9.17) is 18.9 Å². The Hall–Kier alpha value is -4.11. The molecule has 0 aromatic heterocycles. The van der Waals surface area contributed by atoms with Crippen LogP contribution in [0.2, 0.25) is 0 Å². The summed E-state index contributed by atoms with van der Waals surface area (Å²) in [5, 5.41) is 29.0. The van der Waals surface area contributed by atoms with Crippen LogP contribution in [0.3, 0.4) is 0 Å². The van der Waals surface area contributed by atoms with E-state index in [2.05, 4.69) is 15.5 Å². The molecule has 3 N–H and O–H groups in total. The lowest BCUT2D eigenvalue weighted by molar-refractivity contribution is -0.384.